The van der Waals surface area contributed by atoms with Gasteiger partial charge in [-0.15, -0.1) is 0 Å². The SMILES string of the molecule is CCOC(=O)C(c1ccc(C)cc1)c1ccc(C)cc1. The van der Waals surface area contributed by atoms with Gasteiger partial charge in [0.25, 0.3) is 0 Å². The number of carbonyl (C=O) groups excluding carboxylic acids is 1. The summed E-state index contributed by atoms with van der Waals surface area (Å²) < 4.78 is 5.23. The average Bonchev–Trinajstić information content (AvgIpc) is 2.44. The Hall–Kier alpha value is -2.09. The van der Waals surface area contributed by atoms with Crippen molar-refractivity contribution >= 4 is 5.97 Å². The third-order valence-corrected chi connectivity index (χ3v) is 3.34. The molecule has 0 aromatic heterocycles. The predicted octanol–water partition coefficient (Wildman–Crippen LogP) is 4.00. The lowest BCUT2D eigenvalue weighted by Gasteiger charge is -2.17. The minimum Gasteiger partial charge on any atom is -0.465 e. The second-order valence-electron chi connectivity index (χ2n) is 5.01. The molecule has 0 radical (unpaired) electrons. The second-order valence-corrected chi connectivity index (χ2v) is 5.01. The molecule has 2 nitrogen and oxygen atoms in total. The standard InChI is InChI=1S/C18H20O2/c1-4-20-18(19)17(15-9-5-13(2)6-10-15)16-11-7-14(3)8-12-16/h5-12,17H,4H2,1-3H3. The molecule has 104 valence electrons. The van der Waals surface area contributed by atoms with Crippen molar-refractivity contribution in [1.29, 1.82) is 0 Å². The molecule has 0 amide bonds. The number of ether oxygens (including phenoxy) is 1. The first-order valence-electron chi connectivity index (χ1n) is 6.91. The van der Waals surface area contributed by atoms with Gasteiger partial charge in [-0.3, -0.25) is 4.79 Å². The maximum Gasteiger partial charge on any atom is 0.317 e. The zero-order valence-corrected chi connectivity index (χ0v) is 12.2. The Labute approximate surface area is 120 Å². The van der Waals surface area contributed by atoms with Crippen LogP contribution in [0.25, 0.3) is 0 Å². The molecule has 0 aliphatic heterocycles. The quantitative estimate of drug-likeness (QED) is 0.783. The van der Waals surface area contributed by atoms with E-state index in [0.29, 0.717) is 6.61 Å². The molecule has 0 fully saturated rings. The molecule has 2 heteroatoms. The van der Waals surface area contributed by atoms with Crippen LogP contribution in [0, 0.1) is 13.8 Å². The van der Waals surface area contributed by atoms with Crippen LogP contribution in [0.15, 0.2) is 48.5 Å². The lowest BCUT2D eigenvalue weighted by Crippen LogP contribution is -2.17. The van der Waals surface area contributed by atoms with Gasteiger partial charge in [0.15, 0.2) is 0 Å². The summed E-state index contributed by atoms with van der Waals surface area (Å²) in [5.41, 5.74) is 4.30. The lowest BCUT2D eigenvalue weighted by atomic mass is 9.90. The number of benzene rings is 2. The van der Waals surface area contributed by atoms with Crippen LogP contribution < -0.4 is 0 Å². The first kappa shape index (κ1) is 14.3. The van der Waals surface area contributed by atoms with E-state index in [-0.39, 0.29) is 11.9 Å². The van der Waals surface area contributed by atoms with Gasteiger partial charge in [0.2, 0.25) is 0 Å². The molecule has 2 rings (SSSR count). The normalized spacial score (nSPS) is 10.6. The molecule has 20 heavy (non-hydrogen) atoms. The molecule has 0 saturated heterocycles. The largest absolute Gasteiger partial charge is 0.465 e. The molecular weight excluding hydrogens is 248 g/mol. The number of hydrogen-bond donors (Lipinski definition) is 0. The maximum absolute atomic E-state index is 12.3. The molecule has 0 bridgehead atoms. The minimum atomic E-state index is -0.351. The fraction of sp³-hybridized carbons (Fsp3) is 0.278. The minimum absolute atomic E-state index is 0.194. The van der Waals surface area contributed by atoms with E-state index in [9.17, 15) is 4.79 Å². The van der Waals surface area contributed by atoms with E-state index >= 15 is 0 Å². The molecule has 0 aliphatic carbocycles. The highest BCUT2D eigenvalue weighted by Crippen LogP contribution is 2.26. The third kappa shape index (κ3) is 3.27. The highest BCUT2D eigenvalue weighted by molar-refractivity contribution is 5.82. The monoisotopic (exact) mass is 268 g/mol. The number of carbonyl (C=O) groups is 1. The summed E-state index contributed by atoms with van der Waals surface area (Å²) in [4.78, 5) is 12.3. The third-order valence-electron chi connectivity index (χ3n) is 3.34. The van der Waals surface area contributed by atoms with Crippen molar-refractivity contribution in [2.24, 2.45) is 0 Å². The molecule has 0 heterocycles. The molecular formula is C18H20O2. The average molecular weight is 268 g/mol. The zero-order valence-electron chi connectivity index (χ0n) is 12.2. The number of rotatable bonds is 4. The van der Waals surface area contributed by atoms with Gasteiger partial charge in [-0.2, -0.15) is 0 Å². The van der Waals surface area contributed by atoms with Gasteiger partial charge in [-0.1, -0.05) is 59.7 Å². The Bertz CT molecular complexity index is 522. The van der Waals surface area contributed by atoms with E-state index in [1.54, 1.807) is 0 Å². The van der Waals surface area contributed by atoms with Crippen molar-refractivity contribution < 1.29 is 9.53 Å². The van der Waals surface area contributed by atoms with Crippen molar-refractivity contribution in [1.82, 2.24) is 0 Å². The summed E-state index contributed by atoms with van der Waals surface area (Å²) in [5, 5.41) is 0. The van der Waals surface area contributed by atoms with Crippen LogP contribution in [0.4, 0.5) is 0 Å². The summed E-state index contributed by atoms with van der Waals surface area (Å²) in [6.07, 6.45) is 0. The lowest BCUT2D eigenvalue weighted by molar-refractivity contribution is -0.143. The van der Waals surface area contributed by atoms with Crippen LogP contribution in [0.1, 0.15) is 35.1 Å². The Balaban J connectivity index is 2.41. The van der Waals surface area contributed by atoms with Crippen molar-refractivity contribution in [3.05, 3.63) is 70.8 Å². The zero-order chi connectivity index (χ0) is 14.5. The fourth-order valence-corrected chi connectivity index (χ4v) is 2.21. The van der Waals surface area contributed by atoms with Gasteiger partial charge >= 0.3 is 5.97 Å². The van der Waals surface area contributed by atoms with E-state index in [0.717, 1.165) is 11.1 Å². The molecule has 0 saturated carbocycles. The molecule has 0 aliphatic rings. The topological polar surface area (TPSA) is 26.3 Å². The van der Waals surface area contributed by atoms with Crippen molar-refractivity contribution in [3.63, 3.8) is 0 Å². The van der Waals surface area contributed by atoms with Crippen LogP contribution >= 0.6 is 0 Å². The second kappa shape index (κ2) is 6.38. The van der Waals surface area contributed by atoms with E-state index < -0.39 is 0 Å². The van der Waals surface area contributed by atoms with E-state index in [4.69, 9.17) is 4.74 Å². The van der Waals surface area contributed by atoms with E-state index in [1.807, 2.05) is 69.3 Å². The van der Waals surface area contributed by atoms with Gasteiger partial charge in [0, 0.05) is 0 Å². The van der Waals surface area contributed by atoms with Gasteiger partial charge in [0.05, 0.1) is 6.61 Å². The summed E-state index contributed by atoms with van der Waals surface area (Å²) in [6, 6.07) is 16.1. The molecule has 0 unspecified atom stereocenters. The molecule has 2 aromatic rings. The Morgan fingerprint density at radius 1 is 0.900 bits per heavy atom. The number of hydrogen-bond acceptors (Lipinski definition) is 2. The van der Waals surface area contributed by atoms with Crippen LogP contribution in [0.5, 0.6) is 0 Å². The number of esters is 1. The Morgan fingerprint density at radius 2 is 1.30 bits per heavy atom. The molecule has 0 spiro atoms. The van der Waals surface area contributed by atoms with Crippen molar-refractivity contribution in [2.45, 2.75) is 26.7 Å². The highest BCUT2D eigenvalue weighted by Gasteiger charge is 2.23. The smallest absolute Gasteiger partial charge is 0.317 e. The van der Waals surface area contributed by atoms with Gasteiger partial charge in [0.1, 0.15) is 5.92 Å². The first-order valence-corrected chi connectivity index (χ1v) is 6.91. The van der Waals surface area contributed by atoms with Gasteiger partial charge in [-0.25, -0.2) is 0 Å². The summed E-state index contributed by atoms with van der Waals surface area (Å²) in [7, 11) is 0. The van der Waals surface area contributed by atoms with E-state index in [1.165, 1.54) is 11.1 Å². The van der Waals surface area contributed by atoms with Crippen LogP contribution in [-0.4, -0.2) is 12.6 Å². The molecule has 0 atom stereocenters. The summed E-state index contributed by atoms with van der Waals surface area (Å²) >= 11 is 0. The van der Waals surface area contributed by atoms with E-state index in [2.05, 4.69) is 0 Å². The van der Waals surface area contributed by atoms with Gasteiger partial charge in [-0.05, 0) is 31.9 Å². The molecule has 2 aromatic carbocycles. The predicted molar refractivity (Wildman–Crippen MR) is 80.8 cm³/mol. The highest BCUT2D eigenvalue weighted by atomic mass is 16.5. The van der Waals surface area contributed by atoms with Crippen LogP contribution in [0.3, 0.4) is 0 Å². The summed E-state index contributed by atoms with van der Waals surface area (Å²) in [6.45, 7) is 6.30. The Morgan fingerprint density at radius 3 is 1.65 bits per heavy atom. The summed E-state index contributed by atoms with van der Waals surface area (Å²) in [5.74, 6) is -0.545. The van der Waals surface area contributed by atoms with Gasteiger partial charge < -0.3 is 4.74 Å². The maximum atomic E-state index is 12.3. The Kier molecular flexibility index (Phi) is 4.57. The molecule has 0 N–H and O–H groups in total. The van der Waals surface area contributed by atoms with Crippen molar-refractivity contribution in [3.8, 4) is 0 Å². The van der Waals surface area contributed by atoms with Crippen LogP contribution in [0.2, 0.25) is 0 Å². The fourth-order valence-electron chi connectivity index (χ4n) is 2.21. The van der Waals surface area contributed by atoms with Crippen molar-refractivity contribution in [2.75, 3.05) is 6.61 Å². The van der Waals surface area contributed by atoms with Crippen LogP contribution in [-0.2, 0) is 9.53 Å². The number of aryl methyl sites for hydroxylation is 2. The first-order chi connectivity index (χ1) is 9.61.